The van der Waals surface area contributed by atoms with Gasteiger partial charge in [-0.25, -0.2) is 13.4 Å². The predicted octanol–water partition coefficient (Wildman–Crippen LogP) is 2.71. The molecule has 1 aromatic heterocycles. The second kappa shape index (κ2) is 8.94. The number of nitrogens with zero attached hydrogens (tertiary/aromatic N) is 2. The molecule has 7 nitrogen and oxygen atoms in total. The molecule has 0 bridgehead atoms. The van der Waals surface area contributed by atoms with Crippen molar-refractivity contribution in [2.24, 2.45) is 0 Å². The molecule has 1 N–H and O–H groups in total. The van der Waals surface area contributed by atoms with E-state index in [0.29, 0.717) is 18.7 Å². The molecule has 1 aliphatic heterocycles. The number of hydrogen-bond donors (Lipinski definition) is 1. The van der Waals surface area contributed by atoms with Gasteiger partial charge in [-0.2, -0.15) is 0 Å². The molecular weight excluding hydrogens is 434 g/mol. The van der Waals surface area contributed by atoms with E-state index in [-0.39, 0.29) is 30.1 Å². The fourth-order valence-electron chi connectivity index (χ4n) is 3.63. The van der Waals surface area contributed by atoms with Crippen molar-refractivity contribution in [1.29, 1.82) is 0 Å². The first-order valence-corrected chi connectivity index (χ1v) is 12.7. The SMILES string of the molecule is CN(C)Cc1cc(-c2nc3ccccc3s2)ccc1OCC(=O)N[C@@H]1CCS(=O)(=O)C1. The van der Waals surface area contributed by atoms with Gasteiger partial charge in [-0.1, -0.05) is 12.1 Å². The molecule has 1 fully saturated rings. The summed E-state index contributed by atoms with van der Waals surface area (Å²) in [5.74, 6) is 0.446. The topological polar surface area (TPSA) is 88.6 Å². The Morgan fingerprint density at radius 1 is 1.26 bits per heavy atom. The second-order valence-corrected chi connectivity index (χ2v) is 11.3. The van der Waals surface area contributed by atoms with Crippen LogP contribution < -0.4 is 10.1 Å². The van der Waals surface area contributed by atoms with E-state index < -0.39 is 9.84 Å². The maximum Gasteiger partial charge on any atom is 0.258 e. The first-order chi connectivity index (χ1) is 14.8. The fraction of sp³-hybridized carbons (Fsp3) is 0.364. The average molecular weight is 460 g/mol. The largest absolute Gasteiger partial charge is 0.483 e. The summed E-state index contributed by atoms with van der Waals surface area (Å²) in [4.78, 5) is 19.0. The lowest BCUT2D eigenvalue weighted by Gasteiger charge is -2.17. The summed E-state index contributed by atoms with van der Waals surface area (Å²) in [6.07, 6.45) is 0.455. The van der Waals surface area contributed by atoms with E-state index >= 15 is 0 Å². The fourth-order valence-corrected chi connectivity index (χ4v) is 6.27. The molecule has 1 aliphatic rings. The van der Waals surface area contributed by atoms with Gasteiger partial charge in [0.2, 0.25) is 0 Å². The van der Waals surface area contributed by atoms with Crippen LogP contribution in [0.2, 0.25) is 0 Å². The number of amides is 1. The monoisotopic (exact) mass is 459 g/mol. The molecule has 4 rings (SSSR count). The van der Waals surface area contributed by atoms with Gasteiger partial charge in [-0.05, 0) is 50.8 Å². The molecule has 1 amide bonds. The second-order valence-electron chi connectivity index (χ2n) is 8.00. The van der Waals surface area contributed by atoms with Crippen molar-refractivity contribution < 1.29 is 17.9 Å². The Balaban J connectivity index is 1.48. The molecule has 0 saturated carbocycles. The zero-order valence-corrected chi connectivity index (χ0v) is 19.1. The minimum atomic E-state index is -3.04. The molecule has 164 valence electrons. The van der Waals surface area contributed by atoms with Crippen molar-refractivity contribution in [2.75, 3.05) is 32.2 Å². The van der Waals surface area contributed by atoms with Gasteiger partial charge in [0.05, 0.1) is 21.7 Å². The third kappa shape index (κ3) is 5.41. The van der Waals surface area contributed by atoms with E-state index in [2.05, 4.69) is 17.4 Å². The third-order valence-electron chi connectivity index (χ3n) is 5.04. The van der Waals surface area contributed by atoms with E-state index in [1.54, 1.807) is 11.3 Å². The normalized spacial score (nSPS) is 17.8. The van der Waals surface area contributed by atoms with Crippen LogP contribution in [-0.4, -0.2) is 62.5 Å². The molecule has 0 unspecified atom stereocenters. The van der Waals surface area contributed by atoms with Gasteiger partial charge in [0, 0.05) is 23.7 Å². The minimum absolute atomic E-state index is 0.00147. The van der Waals surface area contributed by atoms with Gasteiger partial charge >= 0.3 is 0 Å². The van der Waals surface area contributed by atoms with Gasteiger partial charge in [0.1, 0.15) is 10.8 Å². The summed E-state index contributed by atoms with van der Waals surface area (Å²) in [5.41, 5.74) is 2.94. The molecule has 0 radical (unpaired) electrons. The van der Waals surface area contributed by atoms with Crippen molar-refractivity contribution in [1.82, 2.24) is 15.2 Å². The Kier molecular flexibility index (Phi) is 6.27. The zero-order valence-electron chi connectivity index (χ0n) is 17.5. The van der Waals surface area contributed by atoms with E-state index in [4.69, 9.17) is 9.72 Å². The highest BCUT2D eigenvalue weighted by Gasteiger charge is 2.29. The lowest BCUT2D eigenvalue weighted by molar-refractivity contribution is -0.123. The predicted molar refractivity (Wildman–Crippen MR) is 123 cm³/mol. The van der Waals surface area contributed by atoms with Crippen molar-refractivity contribution in [3.63, 3.8) is 0 Å². The standard InChI is InChI=1S/C22H25N3O4S2/c1-25(2)12-16-11-15(22-24-18-5-3-4-6-20(18)30-22)7-8-19(16)29-13-21(26)23-17-9-10-31(27,28)14-17/h3-8,11,17H,9-10,12-14H2,1-2H3,(H,23,26)/t17-/m1/s1. The number of benzene rings is 2. The van der Waals surface area contributed by atoms with E-state index in [1.807, 2.05) is 49.3 Å². The van der Waals surface area contributed by atoms with Crippen LogP contribution in [0.1, 0.15) is 12.0 Å². The van der Waals surface area contributed by atoms with Crippen LogP contribution in [-0.2, 0) is 21.2 Å². The zero-order chi connectivity index (χ0) is 22.0. The maximum absolute atomic E-state index is 12.3. The van der Waals surface area contributed by atoms with Crippen LogP contribution >= 0.6 is 11.3 Å². The van der Waals surface area contributed by atoms with Crippen LogP contribution in [0.25, 0.3) is 20.8 Å². The highest BCUT2D eigenvalue weighted by Crippen LogP contribution is 2.33. The van der Waals surface area contributed by atoms with E-state index in [9.17, 15) is 13.2 Å². The first kappa shape index (κ1) is 21.7. The Labute approximate surface area is 186 Å². The molecule has 2 heterocycles. The Hall–Kier alpha value is -2.49. The van der Waals surface area contributed by atoms with E-state index in [0.717, 1.165) is 26.4 Å². The molecular formula is C22H25N3O4S2. The quantitative estimate of drug-likeness (QED) is 0.585. The number of ether oxygens (including phenoxy) is 1. The molecule has 9 heteroatoms. The number of aromatic nitrogens is 1. The van der Waals surface area contributed by atoms with Crippen molar-refractivity contribution in [3.8, 4) is 16.3 Å². The summed E-state index contributed by atoms with van der Waals surface area (Å²) in [6, 6.07) is 13.6. The Morgan fingerprint density at radius 2 is 2.06 bits per heavy atom. The van der Waals surface area contributed by atoms with Gasteiger partial charge in [0.25, 0.3) is 5.91 Å². The van der Waals surface area contributed by atoms with Gasteiger partial charge < -0.3 is 15.0 Å². The summed E-state index contributed by atoms with van der Waals surface area (Å²) >= 11 is 1.64. The number of nitrogens with one attached hydrogen (secondary N) is 1. The highest BCUT2D eigenvalue weighted by atomic mass is 32.2. The number of sulfone groups is 1. The number of fused-ring (bicyclic) bond motifs is 1. The van der Waals surface area contributed by atoms with Gasteiger partial charge in [0.15, 0.2) is 16.4 Å². The Morgan fingerprint density at radius 3 is 2.77 bits per heavy atom. The maximum atomic E-state index is 12.3. The summed E-state index contributed by atoms with van der Waals surface area (Å²) < 4.78 is 30.1. The third-order valence-corrected chi connectivity index (χ3v) is 7.90. The van der Waals surface area contributed by atoms with Crippen molar-refractivity contribution >= 4 is 37.3 Å². The van der Waals surface area contributed by atoms with Gasteiger partial charge in [-0.3, -0.25) is 4.79 Å². The average Bonchev–Trinajstić information content (AvgIpc) is 3.29. The number of para-hydroxylation sites is 1. The summed E-state index contributed by atoms with van der Waals surface area (Å²) in [6.45, 7) is 0.494. The Bertz CT molecular complexity index is 1170. The molecule has 1 atom stereocenters. The van der Waals surface area contributed by atoms with Crippen molar-refractivity contribution in [2.45, 2.75) is 19.0 Å². The van der Waals surface area contributed by atoms with Gasteiger partial charge in [-0.15, -0.1) is 11.3 Å². The van der Waals surface area contributed by atoms with E-state index in [1.165, 1.54) is 0 Å². The van der Waals surface area contributed by atoms with Crippen LogP contribution in [0.5, 0.6) is 5.75 Å². The smallest absolute Gasteiger partial charge is 0.258 e. The lowest BCUT2D eigenvalue weighted by Crippen LogP contribution is -2.38. The first-order valence-electron chi connectivity index (χ1n) is 10.1. The number of rotatable bonds is 7. The minimum Gasteiger partial charge on any atom is -0.483 e. The number of carbonyl (C=O) groups excluding carboxylic acids is 1. The summed E-state index contributed by atoms with van der Waals surface area (Å²) in [5, 5.41) is 3.69. The summed E-state index contributed by atoms with van der Waals surface area (Å²) in [7, 11) is 0.912. The van der Waals surface area contributed by atoms with Crippen LogP contribution in [0, 0.1) is 0 Å². The molecule has 1 saturated heterocycles. The highest BCUT2D eigenvalue weighted by molar-refractivity contribution is 7.91. The lowest BCUT2D eigenvalue weighted by atomic mass is 10.1. The molecule has 0 aliphatic carbocycles. The molecule has 2 aromatic carbocycles. The number of thiazole rings is 1. The molecule has 3 aromatic rings. The number of hydrogen-bond acceptors (Lipinski definition) is 7. The molecule has 31 heavy (non-hydrogen) atoms. The van der Waals surface area contributed by atoms with Crippen LogP contribution in [0.4, 0.5) is 0 Å². The van der Waals surface area contributed by atoms with Crippen LogP contribution in [0.15, 0.2) is 42.5 Å². The van der Waals surface area contributed by atoms with Crippen molar-refractivity contribution in [3.05, 3.63) is 48.0 Å². The number of carbonyl (C=O) groups is 1. The molecule has 0 spiro atoms. The van der Waals surface area contributed by atoms with Crippen LogP contribution in [0.3, 0.4) is 0 Å².